The maximum atomic E-state index is 12.9. The van der Waals surface area contributed by atoms with Crippen molar-refractivity contribution < 1.29 is 4.39 Å². The highest BCUT2D eigenvalue weighted by molar-refractivity contribution is 5.17. The fourth-order valence-corrected chi connectivity index (χ4v) is 3.37. The second kappa shape index (κ2) is 6.51. The Morgan fingerprint density at radius 1 is 1.16 bits per heavy atom. The molecule has 2 rings (SSSR count). The zero-order valence-corrected chi connectivity index (χ0v) is 12.3. The van der Waals surface area contributed by atoms with E-state index in [-0.39, 0.29) is 5.82 Å². The van der Waals surface area contributed by atoms with Crippen LogP contribution in [-0.2, 0) is 6.42 Å². The lowest BCUT2D eigenvalue weighted by Gasteiger charge is -2.37. The van der Waals surface area contributed by atoms with Gasteiger partial charge in [-0.25, -0.2) is 4.39 Å². The number of benzene rings is 1. The molecule has 0 spiro atoms. The van der Waals surface area contributed by atoms with Crippen molar-refractivity contribution in [2.75, 3.05) is 0 Å². The number of nitrogens with one attached hydrogen (secondary N) is 1. The molecule has 0 heterocycles. The van der Waals surface area contributed by atoms with Crippen LogP contribution >= 0.6 is 0 Å². The van der Waals surface area contributed by atoms with Gasteiger partial charge in [-0.3, -0.25) is 0 Å². The molecule has 1 fully saturated rings. The van der Waals surface area contributed by atoms with Crippen molar-refractivity contribution in [2.24, 2.45) is 11.8 Å². The van der Waals surface area contributed by atoms with E-state index in [0.29, 0.717) is 12.1 Å². The zero-order valence-electron chi connectivity index (χ0n) is 12.3. The minimum absolute atomic E-state index is 0.154. The average Bonchev–Trinajstić information content (AvgIpc) is 2.37. The third kappa shape index (κ3) is 4.04. The van der Waals surface area contributed by atoms with Crippen LogP contribution in [0.25, 0.3) is 0 Å². The number of hydrogen-bond acceptors (Lipinski definition) is 1. The van der Waals surface area contributed by atoms with Gasteiger partial charge < -0.3 is 5.32 Å². The Bertz CT molecular complexity index is 377. The molecule has 106 valence electrons. The third-order valence-electron chi connectivity index (χ3n) is 4.48. The van der Waals surface area contributed by atoms with Crippen molar-refractivity contribution in [3.8, 4) is 0 Å². The molecule has 0 saturated heterocycles. The van der Waals surface area contributed by atoms with Gasteiger partial charge in [-0.2, -0.15) is 0 Å². The van der Waals surface area contributed by atoms with E-state index in [0.717, 1.165) is 18.3 Å². The summed E-state index contributed by atoms with van der Waals surface area (Å²) >= 11 is 0. The van der Waals surface area contributed by atoms with Gasteiger partial charge in [0.1, 0.15) is 5.82 Å². The maximum Gasteiger partial charge on any atom is 0.123 e. The largest absolute Gasteiger partial charge is 0.311 e. The summed E-state index contributed by atoms with van der Waals surface area (Å²) in [6.07, 6.45) is 5.01. The van der Waals surface area contributed by atoms with Gasteiger partial charge in [-0.05, 0) is 55.7 Å². The molecule has 1 aliphatic rings. The summed E-state index contributed by atoms with van der Waals surface area (Å²) in [7, 11) is 0. The van der Waals surface area contributed by atoms with E-state index in [1.807, 2.05) is 12.1 Å². The van der Waals surface area contributed by atoms with Crippen LogP contribution in [0.4, 0.5) is 4.39 Å². The first-order valence-corrected chi connectivity index (χ1v) is 7.56. The quantitative estimate of drug-likeness (QED) is 0.859. The standard InChI is InChI=1S/C17H26FN/c1-12-5-4-6-13(2)17(12)19-14(3)11-15-7-9-16(18)10-8-15/h7-10,12-14,17,19H,4-6,11H2,1-3H3. The minimum Gasteiger partial charge on any atom is -0.311 e. The van der Waals surface area contributed by atoms with Gasteiger partial charge in [-0.15, -0.1) is 0 Å². The van der Waals surface area contributed by atoms with Crippen LogP contribution in [0.5, 0.6) is 0 Å². The fourth-order valence-electron chi connectivity index (χ4n) is 3.37. The molecular formula is C17H26FN. The molecule has 2 heteroatoms. The Morgan fingerprint density at radius 3 is 2.32 bits per heavy atom. The number of rotatable bonds is 4. The first-order chi connectivity index (χ1) is 9.06. The monoisotopic (exact) mass is 263 g/mol. The van der Waals surface area contributed by atoms with Gasteiger partial charge in [0.25, 0.3) is 0 Å². The molecular weight excluding hydrogens is 237 g/mol. The average molecular weight is 263 g/mol. The third-order valence-corrected chi connectivity index (χ3v) is 4.48. The molecule has 1 saturated carbocycles. The molecule has 1 nitrogen and oxygen atoms in total. The van der Waals surface area contributed by atoms with E-state index in [1.54, 1.807) is 12.1 Å². The molecule has 1 aliphatic carbocycles. The Kier molecular flexibility index (Phi) is 4.98. The second-order valence-electron chi connectivity index (χ2n) is 6.31. The van der Waals surface area contributed by atoms with Crippen molar-refractivity contribution in [3.05, 3.63) is 35.6 Å². The first kappa shape index (κ1) is 14.5. The zero-order chi connectivity index (χ0) is 13.8. The van der Waals surface area contributed by atoms with Crippen LogP contribution in [0.3, 0.4) is 0 Å². The Hall–Kier alpha value is -0.890. The highest BCUT2D eigenvalue weighted by Gasteiger charge is 2.28. The van der Waals surface area contributed by atoms with Crippen LogP contribution in [0.1, 0.15) is 45.6 Å². The fraction of sp³-hybridized carbons (Fsp3) is 0.647. The smallest absolute Gasteiger partial charge is 0.123 e. The Morgan fingerprint density at radius 2 is 1.74 bits per heavy atom. The summed E-state index contributed by atoms with van der Waals surface area (Å²) < 4.78 is 12.9. The second-order valence-corrected chi connectivity index (χ2v) is 6.31. The summed E-state index contributed by atoms with van der Waals surface area (Å²) in [6, 6.07) is 7.95. The van der Waals surface area contributed by atoms with Crippen molar-refractivity contribution in [3.63, 3.8) is 0 Å². The van der Waals surface area contributed by atoms with E-state index in [1.165, 1.54) is 24.8 Å². The lowest BCUT2D eigenvalue weighted by molar-refractivity contribution is 0.195. The SMILES string of the molecule is CC(Cc1ccc(F)cc1)NC1C(C)CCCC1C. The number of halogens is 1. The molecule has 0 aromatic heterocycles. The topological polar surface area (TPSA) is 12.0 Å². The van der Waals surface area contributed by atoms with Crippen LogP contribution in [0.2, 0.25) is 0 Å². The minimum atomic E-state index is -0.154. The van der Waals surface area contributed by atoms with Crippen LogP contribution in [0, 0.1) is 17.7 Å². The van der Waals surface area contributed by atoms with Crippen molar-refractivity contribution in [2.45, 2.75) is 58.5 Å². The molecule has 0 aliphatic heterocycles. The van der Waals surface area contributed by atoms with Crippen molar-refractivity contribution >= 4 is 0 Å². The molecule has 1 aromatic carbocycles. The molecule has 3 atom stereocenters. The Labute approximate surface area is 116 Å². The highest BCUT2D eigenvalue weighted by atomic mass is 19.1. The summed E-state index contributed by atoms with van der Waals surface area (Å²) in [5.41, 5.74) is 1.21. The lowest BCUT2D eigenvalue weighted by atomic mass is 9.78. The summed E-state index contributed by atoms with van der Waals surface area (Å²) in [6.45, 7) is 6.95. The predicted molar refractivity (Wildman–Crippen MR) is 78.7 cm³/mol. The predicted octanol–water partition coefficient (Wildman–Crippen LogP) is 4.17. The molecule has 3 unspecified atom stereocenters. The van der Waals surface area contributed by atoms with Crippen LogP contribution in [-0.4, -0.2) is 12.1 Å². The molecule has 1 aromatic rings. The van der Waals surface area contributed by atoms with Gasteiger partial charge in [0, 0.05) is 12.1 Å². The van der Waals surface area contributed by atoms with Gasteiger partial charge in [0.2, 0.25) is 0 Å². The molecule has 0 bridgehead atoms. The normalized spacial score (nSPS) is 29.2. The molecule has 0 amide bonds. The highest BCUT2D eigenvalue weighted by Crippen LogP contribution is 2.29. The van der Waals surface area contributed by atoms with Crippen LogP contribution in [0.15, 0.2) is 24.3 Å². The van der Waals surface area contributed by atoms with E-state index in [4.69, 9.17) is 0 Å². The lowest BCUT2D eigenvalue weighted by Crippen LogP contribution is -2.47. The van der Waals surface area contributed by atoms with Crippen molar-refractivity contribution in [1.82, 2.24) is 5.32 Å². The summed E-state index contributed by atoms with van der Waals surface area (Å²) in [4.78, 5) is 0. The maximum absolute atomic E-state index is 12.9. The molecule has 0 radical (unpaired) electrons. The van der Waals surface area contributed by atoms with Gasteiger partial charge in [0.05, 0.1) is 0 Å². The van der Waals surface area contributed by atoms with E-state index in [9.17, 15) is 4.39 Å². The molecule has 1 N–H and O–H groups in total. The van der Waals surface area contributed by atoms with Gasteiger partial charge in [-0.1, -0.05) is 32.4 Å². The first-order valence-electron chi connectivity index (χ1n) is 7.56. The molecule has 19 heavy (non-hydrogen) atoms. The number of hydrogen-bond donors (Lipinski definition) is 1. The van der Waals surface area contributed by atoms with Crippen LogP contribution < -0.4 is 5.32 Å². The van der Waals surface area contributed by atoms with E-state index < -0.39 is 0 Å². The van der Waals surface area contributed by atoms with Gasteiger partial charge in [0.15, 0.2) is 0 Å². The van der Waals surface area contributed by atoms with E-state index >= 15 is 0 Å². The summed E-state index contributed by atoms with van der Waals surface area (Å²) in [5.74, 6) is 1.37. The Balaban J connectivity index is 1.89. The summed E-state index contributed by atoms with van der Waals surface area (Å²) in [5, 5.41) is 3.79. The van der Waals surface area contributed by atoms with E-state index in [2.05, 4.69) is 26.1 Å². The van der Waals surface area contributed by atoms with Crippen molar-refractivity contribution in [1.29, 1.82) is 0 Å². The van der Waals surface area contributed by atoms with Gasteiger partial charge >= 0.3 is 0 Å².